The average Bonchev–Trinajstić information content (AvgIpc) is 3.29. The number of aromatic nitrogens is 3. The molecule has 0 saturated heterocycles. The molecule has 1 atom stereocenters. The van der Waals surface area contributed by atoms with Gasteiger partial charge in [0.1, 0.15) is 17.3 Å². The van der Waals surface area contributed by atoms with Crippen LogP contribution in [0.4, 0.5) is 4.39 Å². The van der Waals surface area contributed by atoms with Crippen LogP contribution < -0.4 is 9.47 Å². The minimum absolute atomic E-state index is 0.00183. The first-order valence-corrected chi connectivity index (χ1v) is 12.1. The molecular weight excluding hydrogens is 465 g/mol. The molecule has 0 saturated carbocycles. The van der Waals surface area contributed by atoms with Crippen LogP contribution in [0.25, 0.3) is 5.69 Å². The molecule has 4 aromatic rings. The number of carbonyl (C=O) groups excluding carboxylic acids is 1. The zero-order valence-corrected chi connectivity index (χ0v) is 20.8. The first-order chi connectivity index (χ1) is 16.9. The highest BCUT2D eigenvalue weighted by Crippen LogP contribution is 2.29. The molecule has 0 N–H and O–H groups in total. The van der Waals surface area contributed by atoms with Crippen LogP contribution in [-0.4, -0.2) is 33.4 Å². The molecule has 1 aromatic heterocycles. The van der Waals surface area contributed by atoms with Gasteiger partial charge < -0.3 is 9.47 Å². The SMILES string of the molecule is COc1cc(C)c(C(=O)CSc2nnc(C(C)Oc3ccc(F)cc3)n2-c2ccccc2)cc1C. The van der Waals surface area contributed by atoms with E-state index in [9.17, 15) is 9.18 Å². The van der Waals surface area contributed by atoms with Crippen molar-refractivity contribution in [2.24, 2.45) is 0 Å². The minimum Gasteiger partial charge on any atom is -0.496 e. The van der Waals surface area contributed by atoms with Crippen molar-refractivity contribution in [3.05, 3.63) is 95.1 Å². The summed E-state index contributed by atoms with van der Waals surface area (Å²) < 4.78 is 26.5. The Balaban J connectivity index is 1.59. The quantitative estimate of drug-likeness (QED) is 0.207. The molecule has 4 rings (SSSR count). The lowest BCUT2D eigenvalue weighted by Gasteiger charge is -2.16. The lowest BCUT2D eigenvalue weighted by atomic mass is 10.0. The van der Waals surface area contributed by atoms with E-state index < -0.39 is 6.10 Å². The van der Waals surface area contributed by atoms with Gasteiger partial charge in [-0.25, -0.2) is 4.39 Å². The van der Waals surface area contributed by atoms with Gasteiger partial charge in [-0.2, -0.15) is 0 Å². The van der Waals surface area contributed by atoms with Crippen LogP contribution in [-0.2, 0) is 0 Å². The van der Waals surface area contributed by atoms with Crippen molar-refractivity contribution in [3.8, 4) is 17.2 Å². The zero-order valence-electron chi connectivity index (χ0n) is 20.0. The van der Waals surface area contributed by atoms with E-state index in [4.69, 9.17) is 9.47 Å². The van der Waals surface area contributed by atoms with Gasteiger partial charge in [0, 0.05) is 11.3 Å². The van der Waals surface area contributed by atoms with Crippen LogP contribution in [0.1, 0.15) is 40.3 Å². The van der Waals surface area contributed by atoms with E-state index in [0.717, 1.165) is 22.6 Å². The van der Waals surface area contributed by atoms with Crippen molar-refractivity contribution in [1.82, 2.24) is 14.8 Å². The van der Waals surface area contributed by atoms with E-state index in [2.05, 4.69) is 10.2 Å². The molecule has 0 spiro atoms. The zero-order chi connectivity index (χ0) is 24.9. The Morgan fingerprint density at radius 2 is 1.74 bits per heavy atom. The summed E-state index contributed by atoms with van der Waals surface area (Å²) >= 11 is 1.32. The van der Waals surface area contributed by atoms with Crippen molar-refractivity contribution < 1.29 is 18.7 Å². The molecule has 6 nitrogen and oxygen atoms in total. The van der Waals surface area contributed by atoms with Gasteiger partial charge in [-0.05, 0) is 80.4 Å². The van der Waals surface area contributed by atoms with Crippen LogP contribution in [0.15, 0.2) is 71.9 Å². The number of rotatable bonds is 9. The van der Waals surface area contributed by atoms with Gasteiger partial charge in [-0.3, -0.25) is 9.36 Å². The number of hydrogen-bond donors (Lipinski definition) is 0. The summed E-state index contributed by atoms with van der Waals surface area (Å²) in [4.78, 5) is 13.1. The number of ether oxygens (including phenoxy) is 2. The highest BCUT2D eigenvalue weighted by molar-refractivity contribution is 7.99. The molecule has 3 aromatic carbocycles. The molecule has 1 unspecified atom stereocenters. The maximum atomic E-state index is 13.3. The number of methoxy groups -OCH3 is 1. The summed E-state index contributed by atoms with van der Waals surface area (Å²) in [6.45, 7) is 5.68. The standard InChI is InChI=1S/C27H26FN3O3S/c1-17-15-25(33-4)18(2)14-23(17)24(32)16-35-27-30-29-26(31(27)21-8-6-5-7-9-21)19(3)34-22-12-10-20(28)11-13-22/h5-15,19H,16H2,1-4H3. The molecule has 1 heterocycles. The van der Waals surface area contributed by atoms with E-state index in [1.807, 2.05) is 67.8 Å². The fourth-order valence-corrected chi connectivity index (χ4v) is 4.59. The van der Waals surface area contributed by atoms with Crippen molar-refractivity contribution in [2.75, 3.05) is 12.9 Å². The molecule has 180 valence electrons. The van der Waals surface area contributed by atoms with Crippen molar-refractivity contribution in [1.29, 1.82) is 0 Å². The van der Waals surface area contributed by atoms with E-state index in [1.165, 1.54) is 23.9 Å². The number of benzene rings is 3. The van der Waals surface area contributed by atoms with Crippen LogP contribution >= 0.6 is 11.8 Å². The van der Waals surface area contributed by atoms with Crippen LogP contribution in [0.2, 0.25) is 0 Å². The fourth-order valence-electron chi connectivity index (χ4n) is 3.75. The van der Waals surface area contributed by atoms with Gasteiger partial charge in [0.15, 0.2) is 22.9 Å². The Hall–Kier alpha value is -3.65. The van der Waals surface area contributed by atoms with Crippen LogP contribution in [0.3, 0.4) is 0 Å². The summed E-state index contributed by atoms with van der Waals surface area (Å²) in [6.07, 6.45) is -0.468. The number of para-hydroxylation sites is 1. The number of carbonyl (C=O) groups is 1. The van der Waals surface area contributed by atoms with Gasteiger partial charge in [0.05, 0.1) is 12.9 Å². The number of ketones is 1. The highest BCUT2D eigenvalue weighted by atomic mass is 32.2. The second-order valence-corrected chi connectivity index (χ2v) is 9.02. The number of nitrogens with zero attached hydrogens (tertiary/aromatic N) is 3. The predicted molar refractivity (Wildman–Crippen MR) is 134 cm³/mol. The fraction of sp³-hybridized carbons (Fsp3) is 0.222. The Morgan fingerprint density at radius 1 is 1.03 bits per heavy atom. The lowest BCUT2D eigenvalue weighted by molar-refractivity contribution is 0.102. The number of aryl methyl sites for hydroxylation is 2. The highest BCUT2D eigenvalue weighted by Gasteiger charge is 2.22. The molecule has 0 aliphatic rings. The summed E-state index contributed by atoms with van der Waals surface area (Å²) in [6, 6.07) is 19.2. The molecule has 0 bridgehead atoms. The van der Waals surface area contributed by atoms with Crippen LogP contribution in [0, 0.1) is 19.7 Å². The Morgan fingerprint density at radius 3 is 2.43 bits per heavy atom. The molecule has 0 radical (unpaired) electrons. The minimum atomic E-state index is -0.468. The summed E-state index contributed by atoms with van der Waals surface area (Å²) in [7, 11) is 1.62. The van der Waals surface area contributed by atoms with Gasteiger partial charge in [-0.1, -0.05) is 30.0 Å². The number of halogens is 1. The topological polar surface area (TPSA) is 66.2 Å². The lowest BCUT2D eigenvalue weighted by Crippen LogP contribution is -2.12. The third kappa shape index (κ3) is 5.54. The maximum Gasteiger partial charge on any atom is 0.196 e. The normalized spacial score (nSPS) is 11.8. The van der Waals surface area contributed by atoms with Gasteiger partial charge in [0.2, 0.25) is 0 Å². The van der Waals surface area contributed by atoms with E-state index in [1.54, 1.807) is 19.2 Å². The van der Waals surface area contributed by atoms with Crippen LogP contribution in [0.5, 0.6) is 11.5 Å². The third-order valence-electron chi connectivity index (χ3n) is 5.54. The number of thioether (sulfide) groups is 1. The maximum absolute atomic E-state index is 13.3. The predicted octanol–water partition coefficient (Wildman–Crippen LogP) is 6.15. The van der Waals surface area contributed by atoms with Gasteiger partial charge >= 0.3 is 0 Å². The molecule has 0 fully saturated rings. The average molecular weight is 492 g/mol. The van der Waals surface area contributed by atoms with E-state index >= 15 is 0 Å². The first-order valence-electron chi connectivity index (χ1n) is 11.1. The smallest absolute Gasteiger partial charge is 0.196 e. The number of hydrogen-bond acceptors (Lipinski definition) is 6. The monoisotopic (exact) mass is 491 g/mol. The molecular formula is C27H26FN3O3S. The first kappa shape index (κ1) is 24.5. The molecule has 0 amide bonds. The summed E-state index contributed by atoms with van der Waals surface area (Å²) in [5.74, 6) is 1.73. The van der Waals surface area contributed by atoms with Gasteiger partial charge in [-0.15, -0.1) is 10.2 Å². The Bertz CT molecular complexity index is 1320. The molecule has 35 heavy (non-hydrogen) atoms. The number of Topliss-reactive ketones (excluding diaryl/α,β-unsaturated/α-hetero) is 1. The molecule has 0 aliphatic heterocycles. The largest absolute Gasteiger partial charge is 0.496 e. The second kappa shape index (κ2) is 10.7. The molecule has 8 heteroatoms. The summed E-state index contributed by atoms with van der Waals surface area (Å²) in [5.41, 5.74) is 3.29. The Kier molecular flexibility index (Phi) is 7.51. The van der Waals surface area contributed by atoms with Crippen molar-refractivity contribution >= 4 is 17.5 Å². The van der Waals surface area contributed by atoms with Crippen molar-refractivity contribution in [2.45, 2.75) is 32.0 Å². The molecule has 0 aliphatic carbocycles. The van der Waals surface area contributed by atoms with E-state index in [0.29, 0.717) is 22.3 Å². The van der Waals surface area contributed by atoms with E-state index in [-0.39, 0.29) is 17.4 Å². The third-order valence-corrected chi connectivity index (χ3v) is 6.47. The van der Waals surface area contributed by atoms with Crippen molar-refractivity contribution in [3.63, 3.8) is 0 Å². The van der Waals surface area contributed by atoms with Gasteiger partial charge in [0.25, 0.3) is 0 Å². The summed E-state index contributed by atoms with van der Waals surface area (Å²) in [5, 5.41) is 9.32. The second-order valence-electron chi connectivity index (χ2n) is 8.07. The Labute approximate surface area is 208 Å².